The lowest BCUT2D eigenvalue weighted by Gasteiger charge is -2.28. The fraction of sp³-hybridized carbons (Fsp3) is 0.625. The molecule has 1 atom stereocenters. The van der Waals surface area contributed by atoms with Crippen molar-refractivity contribution in [3.63, 3.8) is 0 Å². The molecule has 4 nitrogen and oxygen atoms in total. The maximum atomic E-state index is 12.1. The molecule has 0 saturated heterocycles. The minimum absolute atomic E-state index is 0.121. The first-order valence-corrected chi connectivity index (χ1v) is 7.45. The summed E-state index contributed by atoms with van der Waals surface area (Å²) in [6.45, 7) is 9.90. The molecule has 1 aromatic rings. The summed E-state index contributed by atoms with van der Waals surface area (Å²) in [6.07, 6.45) is 1.78. The van der Waals surface area contributed by atoms with Crippen LogP contribution in [0.3, 0.4) is 0 Å². The van der Waals surface area contributed by atoms with E-state index >= 15 is 0 Å². The molecule has 0 radical (unpaired) electrons. The van der Waals surface area contributed by atoms with Gasteiger partial charge in [0.1, 0.15) is 6.04 Å². The third kappa shape index (κ3) is 4.93. The second-order valence-electron chi connectivity index (χ2n) is 4.89. The number of aromatic nitrogens is 1. The largest absolute Gasteiger partial charge is 0.465 e. The van der Waals surface area contributed by atoms with Gasteiger partial charge in [0.15, 0.2) is 0 Å². The van der Waals surface area contributed by atoms with Crippen molar-refractivity contribution < 1.29 is 9.53 Å². The number of nitrogens with zero attached hydrogens (tertiary/aromatic N) is 2. The molecule has 0 amide bonds. The molecular formula is C16H26N2O2. The average Bonchev–Trinajstić information content (AvgIpc) is 2.43. The van der Waals surface area contributed by atoms with Gasteiger partial charge in [-0.1, -0.05) is 26.3 Å². The lowest BCUT2D eigenvalue weighted by atomic mass is 10.1. The van der Waals surface area contributed by atoms with E-state index in [1.165, 1.54) is 0 Å². The Bertz CT molecular complexity index is 421. The lowest BCUT2D eigenvalue weighted by molar-refractivity contribution is -0.150. The SMILES string of the molecule is CCCC(C(=O)OCC)N(CC)Cc1cccc(C)n1. The van der Waals surface area contributed by atoms with Gasteiger partial charge in [0.25, 0.3) is 0 Å². The predicted octanol–water partition coefficient (Wildman–Crippen LogP) is 2.94. The first-order chi connectivity index (χ1) is 9.62. The van der Waals surface area contributed by atoms with Crippen molar-refractivity contribution in [1.29, 1.82) is 0 Å². The van der Waals surface area contributed by atoms with Gasteiger partial charge in [-0.25, -0.2) is 0 Å². The van der Waals surface area contributed by atoms with Crippen molar-refractivity contribution in [1.82, 2.24) is 9.88 Å². The molecule has 4 heteroatoms. The van der Waals surface area contributed by atoms with Crippen molar-refractivity contribution >= 4 is 5.97 Å². The Balaban J connectivity index is 2.81. The molecule has 0 aliphatic carbocycles. The van der Waals surface area contributed by atoms with Gasteiger partial charge in [-0.3, -0.25) is 14.7 Å². The predicted molar refractivity (Wildman–Crippen MR) is 80.4 cm³/mol. The number of esters is 1. The van der Waals surface area contributed by atoms with E-state index in [1.54, 1.807) is 0 Å². The summed E-state index contributed by atoms with van der Waals surface area (Å²) in [5.41, 5.74) is 2.00. The standard InChI is InChI=1S/C16H26N2O2/c1-5-9-15(16(19)20-7-3)18(6-2)12-14-11-8-10-13(4)17-14/h8,10-11,15H,5-7,9,12H2,1-4H3. The number of hydrogen-bond donors (Lipinski definition) is 0. The number of aryl methyl sites for hydroxylation is 1. The number of likely N-dealkylation sites (N-methyl/N-ethyl adjacent to an activating group) is 1. The molecule has 1 unspecified atom stereocenters. The summed E-state index contributed by atoms with van der Waals surface area (Å²) in [5, 5.41) is 0. The molecule has 0 N–H and O–H groups in total. The summed E-state index contributed by atoms with van der Waals surface area (Å²) in [6, 6.07) is 5.82. The van der Waals surface area contributed by atoms with E-state index in [0.717, 1.165) is 30.8 Å². The van der Waals surface area contributed by atoms with Gasteiger partial charge < -0.3 is 4.74 Å². The monoisotopic (exact) mass is 278 g/mol. The number of ether oxygens (including phenoxy) is 1. The summed E-state index contributed by atoms with van der Waals surface area (Å²) >= 11 is 0. The Kier molecular flexibility index (Phi) is 7.23. The molecule has 1 heterocycles. The molecule has 0 fully saturated rings. The molecular weight excluding hydrogens is 252 g/mol. The van der Waals surface area contributed by atoms with Gasteiger partial charge in [0, 0.05) is 12.2 Å². The van der Waals surface area contributed by atoms with Crippen LogP contribution in [-0.4, -0.2) is 35.0 Å². The highest BCUT2D eigenvalue weighted by Crippen LogP contribution is 2.13. The fourth-order valence-electron chi connectivity index (χ4n) is 2.30. The van der Waals surface area contributed by atoms with Crippen LogP contribution in [0.5, 0.6) is 0 Å². The minimum Gasteiger partial charge on any atom is -0.465 e. The van der Waals surface area contributed by atoms with E-state index in [9.17, 15) is 4.79 Å². The van der Waals surface area contributed by atoms with Crippen LogP contribution in [0.2, 0.25) is 0 Å². The van der Waals surface area contributed by atoms with E-state index in [1.807, 2.05) is 32.0 Å². The highest BCUT2D eigenvalue weighted by atomic mass is 16.5. The van der Waals surface area contributed by atoms with Crippen molar-refractivity contribution in [3.8, 4) is 0 Å². The van der Waals surface area contributed by atoms with Crippen molar-refractivity contribution in [2.45, 2.75) is 53.1 Å². The van der Waals surface area contributed by atoms with Gasteiger partial charge in [0.2, 0.25) is 0 Å². The van der Waals surface area contributed by atoms with Crippen LogP contribution in [0.1, 0.15) is 45.0 Å². The third-order valence-corrected chi connectivity index (χ3v) is 3.28. The van der Waals surface area contributed by atoms with Gasteiger partial charge in [0.05, 0.1) is 12.3 Å². The van der Waals surface area contributed by atoms with E-state index in [2.05, 4.69) is 23.7 Å². The number of carbonyl (C=O) groups excluding carboxylic acids is 1. The van der Waals surface area contributed by atoms with Crippen LogP contribution < -0.4 is 0 Å². The summed E-state index contributed by atoms with van der Waals surface area (Å²) in [7, 11) is 0. The second-order valence-corrected chi connectivity index (χ2v) is 4.89. The molecule has 0 bridgehead atoms. The first kappa shape index (κ1) is 16.6. The smallest absolute Gasteiger partial charge is 0.323 e. The Morgan fingerprint density at radius 3 is 2.65 bits per heavy atom. The third-order valence-electron chi connectivity index (χ3n) is 3.28. The second kappa shape index (κ2) is 8.69. The van der Waals surface area contributed by atoms with Crippen LogP contribution in [0.15, 0.2) is 18.2 Å². The van der Waals surface area contributed by atoms with Crippen LogP contribution >= 0.6 is 0 Å². The molecule has 1 aromatic heterocycles. The van der Waals surface area contributed by atoms with Crippen LogP contribution in [0.25, 0.3) is 0 Å². The zero-order valence-corrected chi connectivity index (χ0v) is 13.1. The maximum absolute atomic E-state index is 12.1. The molecule has 1 rings (SSSR count). The lowest BCUT2D eigenvalue weighted by Crippen LogP contribution is -2.41. The summed E-state index contributed by atoms with van der Waals surface area (Å²) < 4.78 is 5.20. The highest BCUT2D eigenvalue weighted by Gasteiger charge is 2.25. The van der Waals surface area contributed by atoms with E-state index in [4.69, 9.17) is 4.74 Å². The summed E-state index contributed by atoms with van der Waals surface area (Å²) in [5.74, 6) is -0.121. The van der Waals surface area contributed by atoms with Crippen LogP contribution in [0, 0.1) is 6.92 Å². The van der Waals surface area contributed by atoms with Gasteiger partial charge in [-0.05, 0) is 38.9 Å². The Morgan fingerprint density at radius 2 is 2.10 bits per heavy atom. The van der Waals surface area contributed by atoms with Gasteiger partial charge in [-0.2, -0.15) is 0 Å². The zero-order chi connectivity index (χ0) is 15.0. The van der Waals surface area contributed by atoms with E-state index in [-0.39, 0.29) is 12.0 Å². The van der Waals surface area contributed by atoms with Gasteiger partial charge >= 0.3 is 5.97 Å². The minimum atomic E-state index is -0.174. The molecule has 112 valence electrons. The number of pyridine rings is 1. The van der Waals surface area contributed by atoms with E-state index in [0.29, 0.717) is 13.2 Å². The molecule has 0 aromatic carbocycles. The number of carbonyl (C=O) groups is 1. The normalized spacial score (nSPS) is 12.4. The highest BCUT2D eigenvalue weighted by molar-refractivity contribution is 5.75. The number of hydrogen-bond acceptors (Lipinski definition) is 4. The molecule has 0 aliphatic heterocycles. The maximum Gasteiger partial charge on any atom is 0.323 e. The Labute approximate surface area is 122 Å². The van der Waals surface area contributed by atoms with Crippen molar-refractivity contribution in [3.05, 3.63) is 29.6 Å². The Morgan fingerprint density at radius 1 is 1.35 bits per heavy atom. The van der Waals surface area contributed by atoms with Crippen LogP contribution in [-0.2, 0) is 16.1 Å². The quantitative estimate of drug-likeness (QED) is 0.686. The topological polar surface area (TPSA) is 42.4 Å². The van der Waals surface area contributed by atoms with Crippen LogP contribution in [0.4, 0.5) is 0 Å². The van der Waals surface area contributed by atoms with Gasteiger partial charge in [-0.15, -0.1) is 0 Å². The first-order valence-electron chi connectivity index (χ1n) is 7.45. The average molecular weight is 278 g/mol. The molecule has 20 heavy (non-hydrogen) atoms. The number of rotatable bonds is 8. The molecule has 0 spiro atoms. The van der Waals surface area contributed by atoms with Crippen molar-refractivity contribution in [2.75, 3.05) is 13.2 Å². The van der Waals surface area contributed by atoms with Crippen molar-refractivity contribution in [2.24, 2.45) is 0 Å². The fourth-order valence-corrected chi connectivity index (χ4v) is 2.30. The molecule has 0 aliphatic rings. The molecule has 0 saturated carbocycles. The van der Waals surface area contributed by atoms with E-state index < -0.39 is 0 Å². The summed E-state index contributed by atoms with van der Waals surface area (Å²) in [4.78, 5) is 18.8. The Hall–Kier alpha value is -1.42. The zero-order valence-electron chi connectivity index (χ0n) is 13.1.